The van der Waals surface area contributed by atoms with Crippen molar-refractivity contribution >= 4 is 11.9 Å². The van der Waals surface area contributed by atoms with Gasteiger partial charge in [0.15, 0.2) is 0 Å². The minimum absolute atomic E-state index is 0.00605. The van der Waals surface area contributed by atoms with Crippen LogP contribution in [0.15, 0.2) is 54.7 Å². The molecular weight excluding hydrogens is 395 g/mol. The van der Waals surface area contributed by atoms with Crippen molar-refractivity contribution in [3.8, 4) is 16.9 Å². The molecule has 7 heteroatoms. The average molecular weight is 420 g/mol. The first kappa shape index (κ1) is 20.8. The van der Waals surface area contributed by atoms with Gasteiger partial charge in [-0.05, 0) is 43.0 Å². The number of ether oxygens (including phenoxy) is 1. The molecule has 1 fully saturated rings. The summed E-state index contributed by atoms with van der Waals surface area (Å²) in [4.78, 5) is 23.7. The van der Waals surface area contributed by atoms with Crippen molar-refractivity contribution in [2.45, 2.75) is 31.7 Å². The lowest BCUT2D eigenvalue weighted by Gasteiger charge is -2.36. The van der Waals surface area contributed by atoms with Crippen LogP contribution < -0.4 is 10.5 Å². The SMILES string of the molecule is COc1ccc(CC(=O)N2CCCC[C@H]2c2nc(N)ncc2-c2ccccc2F)cc1. The van der Waals surface area contributed by atoms with Crippen LogP contribution in [0.2, 0.25) is 0 Å². The molecule has 3 aromatic rings. The van der Waals surface area contributed by atoms with Crippen molar-refractivity contribution < 1.29 is 13.9 Å². The van der Waals surface area contributed by atoms with Gasteiger partial charge in [0.25, 0.3) is 0 Å². The molecule has 1 amide bonds. The number of carbonyl (C=O) groups excluding carboxylic acids is 1. The number of anilines is 1. The Balaban J connectivity index is 1.66. The van der Waals surface area contributed by atoms with Crippen molar-refractivity contribution in [1.29, 1.82) is 0 Å². The van der Waals surface area contributed by atoms with Gasteiger partial charge >= 0.3 is 0 Å². The quantitative estimate of drug-likeness (QED) is 0.670. The predicted octanol–water partition coefficient (Wildman–Crippen LogP) is 4.17. The largest absolute Gasteiger partial charge is 0.497 e. The molecule has 0 radical (unpaired) electrons. The maximum absolute atomic E-state index is 14.6. The normalized spacial score (nSPS) is 16.2. The van der Waals surface area contributed by atoms with E-state index in [0.29, 0.717) is 23.4 Å². The minimum atomic E-state index is -0.357. The molecule has 0 saturated carbocycles. The van der Waals surface area contributed by atoms with Gasteiger partial charge in [-0.15, -0.1) is 0 Å². The van der Waals surface area contributed by atoms with Crippen LogP contribution in [0.25, 0.3) is 11.1 Å². The van der Waals surface area contributed by atoms with Crippen LogP contribution in [-0.4, -0.2) is 34.4 Å². The molecule has 160 valence electrons. The molecule has 0 spiro atoms. The minimum Gasteiger partial charge on any atom is -0.497 e. The van der Waals surface area contributed by atoms with Crippen LogP contribution in [0.5, 0.6) is 5.75 Å². The molecule has 2 aromatic carbocycles. The highest BCUT2D eigenvalue weighted by Gasteiger charge is 2.31. The number of piperidine rings is 1. The van der Waals surface area contributed by atoms with E-state index in [1.807, 2.05) is 29.2 Å². The van der Waals surface area contributed by atoms with E-state index in [4.69, 9.17) is 10.5 Å². The molecule has 1 aromatic heterocycles. The third kappa shape index (κ3) is 4.50. The Bertz CT molecular complexity index is 1070. The topological polar surface area (TPSA) is 81.3 Å². The van der Waals surface area contributed by atoms with E-state index in [9.17, 15) is 9.18 Å². The van der Waals surface area contributed by atoms with Crippen LogP contribution in [0, 0.1) is 5.82 Å². The Morgan fingerprint density at radius 2 is 1.94 bits per heavy atom. The number of nitrogens with two attached hydrogens (primary N) is 1. The molecule has 31 heavy (non-hydrogen) atoms. The fraction of sp³-hybridized carbons (Fsp3) is 0.292. The summed E-state index contributed by atoms with van der Waals surface area (Å²) in [5.41, 5.74) is 8.38. The molecule has 4 rings (SSSR count). The van der Waals surface area contributed by atoms with E-state index < -0.39 is 0 Å². The first-order valence-electron chi connectivity index (χ1n) is 10.4. The molecule has 6 nitrogen and oxygen atoms in total. The van der Waals surface area contributed by atoms with Gasteiger partial charge in [0.2, 0.25) is 11.9 Å². The number of nitrogens with zero attached hydrogens (tertiary/aromatic N) is 3. The fourth-order valence-corrected chi connectivity index (χ4v) is 4.08. The number of methoxy groups -OCH3 is 1. The Morgan fingerprint density at radius 1 is 1.16 bits per heavy atom. The van der Waals surface area contributed by atoms with E-state index in [1.54, 1.807) is 31.5 Å². The summed E-state index contributed by atoms with van der Waals surface area (Å²) in [5, 5.41) is 0. The summed E-state index contributed by atoms with van der Waals surface area (Å²) in [6, 6.07) is 13.7. The third-order valence-electron chi connectivity index (χ3n) is 5.65. The molecule has 0 bridgehead atoms. The van der Waals surface area contributed by atoms with Crippen molar-refractivity contribution in [2.24, 2.45) is 0 Å². The van der Waals surface area contributed by atoms with Gasteiger partial charge in [-0.2, -0.15) is 0 Å². The van der Waals surface area contributed by atoms with Gasteiger partial charge in [-0.3, -0.25) is 4.79 Å². The molecule has 2 N–H and O–H groups in total. The number of nitrogen functional groups attached to an aromatic ring is 1. The van der Waals surface area contributed by atoms with Gasteiger partial charge in [0.1, 0.15) is 11.6 Å². The molecule has 2 heterocycles. The third-order valence-corrected chi connectivity index (χ3v) is 5.65. The first-order valence-corrected chi connectivity index (χ1v) is 10.4. The Kier molecular flexibility index (Phi) is 6.11. The second kappa shape index (κ2) is 9.12. The molecule has 1 atom stereocenters. The predicted molar refractivity (Wildman–Crippen MR) is 117 cm³/mol. The highest BCUT2D eigenvalue weighted by Crippen LogP contribution is 2.37. The van der Waals surface area contributed by atoms with Crippen LogP contribution in [0.1, 0.15) is 36.6 Å². The number of hydrogen-bond acceptors (Lipinski definition) is 5. The second-order valence-corrected chi connectivity index (χ2v) is 7.63. The van der Waals surface area contributed by atoms with Crippen molar-refractivity contribution in [2.75, 3.05) is 19.4 Å². The number of hydrogen-bond donors (Lipinski definition) is 1. The summed E-state index contributed by atoms with van der Waals surface area (Å²) >= 11 is 0. The summed E-state index contributed by atoms with van der Waals surface area (Å²) in [5.74, 6) is 0.511. The number of rotatable bonds is 5. The van der Waals surface area contributed by atoms with Crippen molar-refractivity contribution in [3.05, 3.63) is 71.8 Å². The lowest BCUT2D eigenvalue weighted by Crippen LogP contribution is -2.40. The van der Waals surface area contributed by atoms with Gasteiger partial charge in [0, 0.05) is 23.9 Å². The molecule has 1 aliphatic rings. The smallest absolute Gasteiger partial charge is 0.227 e. The Morgan fingerprint density at radius 3 is 2.68 bits per heavy atom. The molecular formula is C24H25FN4O2. The van der Waals surface area contributed by atoms with Gasteiger partial charge in [-0.25, -0.2) is 14.4 Å². The van der Waals surface area contributed by atoms with Gasteiger partial charge in [0.05, 0.1) is 25.3 Å². The number of amides is 1. The highest BCUT2D eigenvalue weighted by atomic mass is 19.1. The lowest BCUT2D eigenvalue weighted by atomic mass is 9.93. The molecule has 0 aliphatic carbocycles. The highest BCUT2D eigenvalue weighted by molar-refractivity contribution is 5.80. The van der Waals surface area contributed by atoms with E-state index >= 15 is 0 Å². The summed E-state index contributed by atoms with van der Waals surface area (Å²) in [6.45, 7) is 0.625. The monoisotopic (exact) mass is 420 g/mol. The number of aromatic nitrogens is 2. The number of benzene rings is 2. The maximum Gasteiger partial charge on any atom is 0.227 e. The van der Waals surface area contributed by atoms with Crippen LogP contribution in [0.3, 0.4) is 0 Å². The summed E-state index contributed by atoms with van der Waals surface area (Å²) in [7, 11) is 1.61. The zero-order chi connectivity index (χ0) is 21.8. The average Bonchev–Trinajstić information content (AvgIpc) is 2.80. The molecule has 0 unspecified atom stereocenters. The maximum atomic E-state index is 14.6. The standard InChI is InChI=1S/C24H25FN4O2/c1-31-17-11-9-16(10-12-17)14-22(30)29-13-5-4-8-21(29)23-19(15-27-24(26)28-23)18-6-2-3-7-20(18)25/h2-3,6-7,9-12,15,21H,4-5,8,13-14H2,1H3,(H2,26,27,28)/t21-/m0/s1. The number of halogens is 1. The zero-order valence-electron chi connectivity index (χ0n) is 17.4. The van der Waals surface area contributed by atoms with Crippen LogP contribution in [-0.2, 0) is 11.2 Å². The number of likely N-dealkylation sites (tertiary alicyclic amines) is 1. The Hall–Kier alpha value is -3.48. The summed E-state index contributed by atoms with van der Waals surface area (Å²) in [6.07, 6.45) is 4.44. The zero-order valence-corrected chi connectivity index (χ0v) is 17.4. The second-order valence-electron chi connectivity index (χ2n) is 7.63. The lowest BCUT2D eigenvalue weighted by molar-refractivity contribution is -0.134. The van der Waals surface area contributed by atoms with Crippen molar-refractivity contribution in [1.82, 2.24) is 14.9 Å². The Labute approximate surface area is 180 Å². The number of carbonyl (C=O) groups is 1. The van der Waals surface area contributed by atoms with Crippen molar-refractivity contribution in [3.63, 3.8) is 0 Å². The fourth-order valence-electron chi connectivity index (χ4n) is 4.08. The van der Waals surface area contributed by atoms with Crippen LogP contribution >= 0.6 is 0 Å². The van der Waals surface area contributed by atoms with E-state index in [1.165, 1.54) is 6.07 Å². The molecule has 1 saturated heterocycles. The van der Waals surface area contributed by atoms with Crippen LogP contribution in [0.4, 0.5) is 10.3 Å². The first-order chi connectivity index (χ1) is 15.1. The van der Waals surface area contributed by atoms with E-state index in [0.717, 1.165) is 30.6 Å². The van der Waals surface area contributed by atoms with Gasteiger partial charge in [-0.1, -0.05) is 30.3 Å². The summed E-state index contributed by atoms with van der Waals surface area (Å²) < 4.78 is 19.7. The van der Waals surface area contributed by atoms with E-state index in [-0.39, 0.29) is 30.1 Å². The van der Waals surface area contributed by atoms with Gasteiger partial charge < -0.3 is 15.4 Å². The van der Waals surface area contributed by atoms with E-state index in [2.05, 4.69) is 9.97 Å². The molecule has 1 aliphatic heterocycles.